The molecule has 0 aromatic heterocycles. The molecule has 0 bridgehead atoms. The zero-order chi connectivity index (χ0) is 14.8. The molecule has 1 N–H and O–H groups in total. The molecule has 1 aromatic carbocycles. The van der Waals surface area contributed by atoms with Gasteiger partial charge in [-0.15, -0.1) is 0 Å². The predicted octanol–water partition coefficient (Wildman–Crippen LogP) is 2.52. The Morgan fingerprint density at radius 3 is 2.80 bits per heavy atom. The van der Waals surface area contributed by atoms with Gasteiger partial charge in [0.15, 0.2) is 0 Å². The number of esters is 1. The van der Waals surface area contributed by atoms with Gasteiger partial charge in [0, 0.05) is 19.7 Å². The van der Waals surface area contributed by atoms with Crippen LogP contribution in [-0.2, 0) is 16.0 Å². The second kappa shape index (κ2) is 9.44. The summed E-state index contributed by atoms with van der Waals surface area (Å²) < 4.78 is 23.5. The average Bonchev–Trinajstić information content (AvgIpc) is 2.45. The van der Waals surface area contributed by atoms with Crippen molar-refractivity contribution < 1.29 is 18.7 Å². The van der Waals surface area contributed by atoms with Crippen LogP contribution in [-0.4, -0.2) is 32.8 Å². The predicted molar refractivity (Wildman–Crippen MR) is 75.2 cm³/mol. The number of benzene rings is 1. The highest BCUT2D eigenvalue weighted by Gasteiger charge is 2.11. The van der Waals surface area contributed by atoms with Crippen molar-refractivity contribution in [2.75, 3.05) is 26.9 Å². The fraction of sp³-hybridized carbons (Fsp3) is 0.533. The molecule has 0 saturated carbocycles. The molecule has 112 valence electrons. The minimum atomic E-state index is -0.661. The van der Waals surface area contributed by atoms with Crippen LogP contribution < -0.4 is 5.32 Å². The average molecular weight is 283 g/mol. The SMILES string of the molecule is CCCCOCCNCc1ccc(C(=O)OC)c(F)c1. The highest BCUT2D eigenvalue weighted by atomic mass is 19.1. The maximum absolute atomic E-state index is 13.6. The fourth-order valence-corrected chi connectivity index (χ4v) is 1.67. The molecule has 1 rings (SSSR count). The molecule has 0 unspecified atom stereocenters. The third-order valence-corrected chi connectivity index (χ3v) is 2.83. The van der Waals surface area contributed by atoms with Crippen molar-refractivity contribution in [3.63, 3.8) is 0 Å². The van der Waals surface area contributed by atoms with Gasteiger partial charge in [-0.3, -0.25) is 0 Å². The number of halogens is 1. The first kappa shape index (κ1) is 16.6. The van der Waals surface area contributed by atoms with E-state index >= 15 is 0 Å². The lowest BCUT2D eigenvalue weighted by Crippen LogP contribution is -2.19. The van der Waals surface area contributed by atoms with Crippen LogP contribution in [0.1, 0.15) is 35.7 Å². The number of rotatable bonds is 9. The molecule has 20 heavy (non-hydrogen) atoms. The number of nitrogens with one attached hydrogen (secondary N) is 1. The Morgan fingerprint density at radius 2 is 2.15 bits per heavy atom. The van der Waals surface area contributed by atoms with Gasteiger partial charge < -0.3 is 14.8 Å². The maximum atomic E-state index is 13.6. The van der Waals surface area contributed by atoms with Gasteiger partial charge in [-0.1, -0.05) is 19.4 Å². The summed E-state index contributed by atoms with van der Waals surface area (Å²) >= 11 is 0. The van der Waals surface area contributed by atoms with Crippen molar-refractivity contribution in [1.29, 1.82) is 0 Å². The number of carbonyl (C=O) groups excluding carboxylic acids is 1. The van der Waals surface area contributed by atoms with E-state index in [0.29, 0.717) is 19.7 Å². The largest absolute Gasteiger partial charge is 0.465 e. The van der Waals surface area contributed by atoms with E-state index in [1.807, 2.05) is 0 Å². The van der Waals surface area contributed by atoms with Crippen molar-refractivity contribution in [2.24, 2.45) is 0 Å². The van der Waals surface area contributed by atoms with Crippen LogP contribution in [0.5, 0.6) is 0 Å². The molecule has 0 atom stereocenters. The molecule has 0 aliphatic heterocycles. The number of unbranched alkanes of at least 4 members (excludes halogenated alkanes) is 1. The van der Waals surface area contributed by atoms with Gasteiger partial charge in [-0.2, -0.15) is 0 Å². The minimum absolute atomic E-state index is 0.0425. The number of carbonyl (C=O) groups is 1. The first-order chi connectivity index (χ1) is 9.69. The van der Waals surface area contributed by atoms with Crippen molar-refractivity contribution >= 4 is 5.97 Å². The number of hydrogen-bond acceptors (Lipinski definition) is 4. The van der Waals surface area contributed by atoms with Gasteiger partial charge >= 0.3 is 5.97 Å². The molecule has 0 heterocycles. The topological polar surface area (TPSA) is 47.6 Å². The first-order valence-electron chi connectivity index (χ1n) is 6.84. The van der Waals surface area contributed by atoms with Crippen molar-refractivity contribution in [2.45, 2.75) is 26.3 Å². The molecule has 0 aliphatic carbocycles. The van der Waals surface area contributed by atoms with Crippen molar-refractivity contribution in [3.05, 3.63) is 35.1 Å². The molecule has 4 nitrogen and oxygen atoms in total. The molecule has 1 aromatic rings. The van der Waals surface area contributed by atoms with Gasteiger partial charge in [0.2, 0.25) is 0 Å². The summed E-state index contributed by atoms with van der Waals surface area (Å²) in [6.45, 7) is 4.79. The zero-order valence-electron chi connectivity index (χ0n) is 12.1. The smallest absolute Gasteiger partial charge is 0.340 e. The molecule has 0 saturated heterocycles. The molecular formula is C15H22FNO3. The van der Waals surface area contributed by atoms with Crippen LogP contribution in [0.2, 0.25) is 0 Å². The van der Waals surface area contributed by atoms with Gasteiger partial charge in [-0.05, 0) is 24.1 Å². The maximum Gasteiger partial charge on any atom is 0.340 e. The second-order valence-corrected chi connectivity index (χ2v) is 4.45. The summed E-state index contributed by atoms with van der Waals surface area (Å²) in [5.74, 6) is -1.22. The van der Waals surface area contributed by atoms with Crippen LogP contribution >= 0.6 is 0 Å². The Balaban J connectivity index is 2.31. The van der Waals surface area contributed by atoms with Gasteiger partial charge in [0.05, 0.1) is 19.3 Å². The van der Waals surface area contributed by atoms with Crippen LogP contribution in [0.15, 0.2) is 18.2 Å². The van der Waals surface area contributed by atoms with Gasteiger partial charge in [-0.25, -0.2) is 9.18 Å². The standard InChI is InChI=1S/C15H22FNO3/c1-3-4-8-20-9-7-17-11-12-5-6-13(14(16)10-12)15(18)19-2/h5-6,10,17H,3-4,7-9,11H2,1-2H3. The second-order valence-electron chi connectivity index (χ2n) is 4.45. The van der Waals surface area contributed by atoms with Crippen molar-refractivity contribution in [3.8, 4) is 0 Å². The fourth-order valence-electron chi connectivity index (χ4n) is 1.67. The number of hydrogen-bond donors (Lipinski definition) is 1. The Bertz CT molecular complexity index is 424. The highest BCUT2D eigenvalue weighted by Crippen LogP contribution is 2.11. The lowest BCUT2D eigenvalue weighted by molar-refractivity contribution is 0.0595. The van der Waals surface area contributed by atoms with Gasteiger partial charge in [0.25, 0.3) is 0 Å². The zero-order valence-corrected chi connectivity index (χ0v) is 12.1. The first-order valence-corrected chi connectivity index (χ1v) is 6.84. The third-order valence-electron chi connectivity index (χ3n) is 2.83. The Hall–Kier alpha value is -1.46. The van der Waals surface area contributed by atoms with E-state index in [-0.39, 0.29) is 5.56 Å². The third kappa shape index (κ3) is 5.67. The summed E-state index contributed by atoms with van der Waals surface area (Å²) in [5.41, 5.74) is 0.739. The molecule has 5 heteroatoms. The Kier molecular flexibility index (Phi) is 7.84. The van der Waals surface area contributed by atoms with E-state index in [4.69, 9.17) is 4.74 Å². The Morgan fingerprint density at radius 1 is 1.35 bits per heavy atom. The summed E-state index contributed by atoms with van der Waals surface area (Å²) in [7, 11) is 1.23. The minimum Gasteiger partial charge on any atom is -0.465 e. The quantitative estimate of drug-likeness (QED) is 0.559. The van der Waals surface area contributed by atoms with Crippen molar-refractivity contribution in [1.82, 2.24) is 5.32 Å². The van der Waals surface area contributed by atoms with E-state index in [2.05, 4.69) is 17.0 Å². The van der Waals surface area contributed by atoms with Crippen LogP contribution in [0.25, 0.3) is 0 Å². The van der Waals surface area contributed by atoms with Gasteiger partial charge in [0.1, 0.15) is 5.82 Å². The normalized spacial score (nSPS) is 10.6. The molecule has 0 amide bonds. The van der Waals surface area contributed by atoms with Crippen LogP contribution in [0.3, 0.4) is 0 Å². The lowest BCUT2D eigenvalue weighted by atomic mass is 10.1. The number of ether oxygens (including phenoxy) is 2. The van der Waals surface area contributed by atoms with E-state index in [0.717, 1.165) is 25.0 Å². The monoisotopic (exact) mass is 283 g/mol. The summed E-state index contributed by atoms with van der Waals surface area (Å²) in [4.78, 5) is 11.2. The van der Waals surface area contributed by atoms with E-state index in [1.54, 1.807) is 6.07 Å². The molecule has 0 spiro atoms. The Labute approximate surface area is 119 Å². The van der Waals surface area contributed by atoms with Crippen LogP contribution in [0, 0.1) is 5.82 Å². The summed E-state index contributed by atoms with van der Waals surface area (Å²) in [6, 6.07) is 4.49. The molecule has 0 radical (unpaired) electrons. The van der Waals surface area contributed by atoms with E-state index in [9.17, 15) is 9.18 Å². The van der Waals surface area contributed by atoms with Crippen LogP contribution in [0.4, 0.5) is 4.39 Å². The highest BCUT2D eigenvalue weighted by molar-refractivity contribution is 5.89. The van der Waals surface area contributed by atoms with E-state index in [1.165, 1.54) is 19.2 Å². The lowest BCUT2D eigenvalue weighted by Gasteiger charge is -2.07. The van der Waals surface area contributed by atoms with E-state index < -0.39 is 11.8 Å². The molecule has 0 aliphatic rings. The molecule has 0 fully saturated rings. The summed E-state index contributed by atoms with van der Waals surface area (Å²) in [5, 5.41) is 3.16. The summed E-state index contributed by atoms with van der Waals surface area (Å²) in [6.07, 6.45) is 2.19. The number of methoxy groups -OCH3 is 1. The molecular weight excluding hydrogens is 261 g/mol.